The van der Waals surface area contributed by atoms with Gasteiger partial charge in [-0.1, -0.05) is 11.6 Å². The first-order valence-electron chi connectivity index (χ1n) is 8.09. The lowest BCUT2D eigenvalue weighted by molar-refractivity contribution is -0.124. The fraction of sp³-hybridized carbons (Fsp3) is 0.100. The Bertz CT molecular complexity index is 932. The Morgan fingerprint density at radius 2 is 1.70 bits per heavy atom. The number of amides is 1. The van der Waals surface area contributed by atoms with E-state index < -0.39 is 18.5 Å². The van der Waals surface area contributed by atoms with E-state index >= 15 is 0 Å². The molecule has 0 bridgehead atoms. The summed E-state index contributed by atoms with van der Waals surface area (Å²) in [5.74, 6) is 0.174. The molecule has 2 N–H and O–H groups in total. The molecule has 0 aliphatic rings. The average Bonchev–Trinajstić information content (AvgIpc) is 3.14. The van der Waals surface area contributed by atoms with Crippen LogP contribution in [0.25, 0.3) is 11.3 Å². The van der Waals surface area contributed by atoms with E-state index in [2.05, 4.69) is 5.32 Å². The molecule has 0 spiro atoms. The van der Waals surface area contributed by atoms with Crippen LogP contribution >= 0.6 is 11.6 Å². The number of phenolic OH excluding ortho intramolecular Hbond substituents is 1. The standard InChI is InChI=1S/C20H16ClNO5/c21-15-5-1-13(2-6-15)18-10-9-17(27-18)11-22-19(24)12-26-20(25)14-3-7-16(23)8-4-14/h1-10,23H,11-12H2,(H,22,24). The minimum absolute atomic E-state index is 0.0423. The van der Waals surface area contributed by atoms with Crippen molar-refractivity contribution >= 4 is 23.5 Å². The van der Waals surface area contributed by atoms with Crippen LogP contribution in [-0.4, -0.2) is 23.6 Å². The summed E-state index contributed by atoms with van der Waals surface area (Å²) in [6.07, 6.45) is 0. The number of hydrogen-bond donors (Lipinski definition) is 2. The number of rotatable bonds is 6. The third-order valence-electron chi connectivity index (χ3n) is 3.69. The van der Waals surface area contributed by atoms with E-state index in [9.17, 15) is 14.7 Å². The van der Waals surface area contributed by atoms with Crippen LogP contribution in [-0.2, 0) is 16.1 Å². The minimum atomic E-state index is -0.645. The Morgan fingerprint density at radius 1 is 1.00 bits per heavy atom. The number of carbonyl (C=O) groups excluding carboxylic acids is 2. The summed E-state index contributed by atoms with van der Waals surface area (Å²) in [5, 5.41) is 12.4. The van der Waals surface area contributed by atoms with Crippen molar-refractivity contribution in [2.75, 3.05) is 6.61 Å². The predicted octanol–water partition coefficient (Wildman–Crippen LogP) is 3.78. The van der Waals surface area contributed by atoms with Gasteiger partial charge in [-0.25, -0.2) is 4.79 Å². The summed E-state index contributed by atoms with van der Waals surface area (Å²) >= 11 is 5.86. The molecule has 0 saturated heterocycles. The lowest BCUT2D eigenvalue weighted by Crippen LogP contribution is -2.28. The van der Waals surface area contributed by atoms with Gasteiger partial charge in [-0.3, -0.25) is 4.79 Å². The van der Waals surface area contributed by atoms with Gasteiger partial charge in [0.05, 0.1) is 12.1 Å². The summed E-state index contributed by atoms with van der Waals surface area (Å²) in [6.45, 7) is -0.242. The molecule has 6 nitrogen and oxygen atoms in total. The van der Waals surface area contributed by atoms with E-state index in [1.807, 2.05) is 12.1 Å². The average molecular weight is 386 g/mol. The van der Waals surface area contributed by atoms with E-state index in [1.54, 1.807) is 24.3 Å². The fourth-order valence-electron chi connectivity index (χ4n) is 2.29. The summed E-state index contributed by atoms with van der Waals surface area (Å²) in [5.41, 5.74) is 1.12. The van der Waals surface area contributed by atoms with Crippen molar-refractivity contribution in [2.45, 2.75) is 6.54 Å². The lowest BCUT2D eigenvalue weighted by Gasteiger charge is -2.06. The Morgan fingerprint density at radius 3 is 2.41 bits per heavy atom. The van der Waals surface area contributed by atoms with Crippen molar-refractivity contribution in [3.05, 3.63) is 77.0 Å². The van der Waals surface area contributed by atoms with Gasteiger partial charge < -0.3 is 19.6 Å². The molecule has 2 aromatic carbocycles. The first kappa shape index (κ1) is 18.5. The molecule has 0 aliphatic heterocycles. The van der Waals surface area contributed by atoms with Crippen LogP contribution in [0.15, 0.2) is 65.1 Å². The zero-order chi connectivity index (χ0) is 19.2. The number of nitrogens with one attached hydrogen (secondary N) is 1. The highest BCUT2D eigenvalue weighted by Gasteiger charge is 2.11. The molecular weight excluding hydrogens is 370 g/mol. The Balaban J connectivity index is 1.47. The maximum absolute atomic E-state index is 11.8. The van der Waals surface area contributed by atoms with Crippen LogP contribution in [0.3, 0.4) is 0 Å². The van der Waals surface area contributed by atoms with E-state index in [1.165, 1.54) is 24.3 Å². The molecule has 7 heteroatoms. The van der Waals surface area contributed by atoms with Crippen molar-refractivity contribution in [2.24, 2.45) is 0 Å². The number of aromatic hydroxyl groups is 1. The maximum atomic E-state index is 11.8. The third kappa shape index (κ3) is 5.12. The van der Waals surface area contributed by atoms with Gasteiger partial charge in [0.25, 0.3) is 5.91 Å². The highest BCUT2D eigenvalue weighted by atomic mass is 35.5. The molecule has 0 fully saturated rings. The number of esters is 1. The predicted molar refractivity (Wildman–Crippen MR) is 99.4 cm³/mol. The molecule has 138 valence electrons. The molecule has 3 aromatic rings. The van der Waals surface area contributed by atoms with Crippen molar-refractivity contribution < 1.29 is 23.8 Å². The monoisotopic (exact) mass is 385 g/mol. The molecule has 27 heavy (non-hydrogen) atoms. The second-order valence-corrected chi connectivity index (χ2v) is 6.11. The molecule has 1 aromatic heterocycles. The SMILES string of the molecule is O=C(COC(=O)c1ccc(O)cc1)NCc1ccc(-c2ccc(Cl)cc2)o1. The van der Waals surface area contributed by atoms with Crippen LogP contribution in [0.4, 0.5) is 0 Å². The quantitative estimate of drug-likeness (QED) is 0.630. The van der Waals surface area contributed by atoms with E-state index in [4.69, 9.17) is 20.8 Å². The second kappa shape index (κ2) is 8.42. The number of halogens is 1. The molecule has 3 rings (SSSR count). The number of hydrogen-bond acceptors (Lipinski definition) is 5. The van der Waals surface area contributed by atoms with Crippen LogP contribution < -0.4 is 5.32 Å². The smallest absolute Gasteiger partial charge is 0.338 e. The van der Waals surface area contributed by atoms with Gasteiger partial charge in [-0.05, 0) is 60.7 Å². The largest absolute Gasteiger partial charge is 0.508 e. The zero-order valence-corrected chi connectivity index (χ0v) is 14.9. The summed E-state index contributed by atoms with van der Waals surface area (Å²) in [4.78, 5) is 23.6. The van der Waals surface area contributed by atoms with Gasteiger partial charge in [0, 0.05) is 10.6 Å². The van der Waals surface area contributed by atoms with Gasteiger partial charge in [-0.15, -0.1) is 0 Å². The first-order chi connectivity index (χ1) is 13.0. The topological polar surface area (TPSA) is 88.8 Å². The molecule has 1 heterocycles. The number of furan rings is 1. The van der Waals surface area contributed by atoms with Crippen molar-refractivity contribution in [3.8, 4) is 17.1 Å². The third-order valence-corrected chi connectivity index (χ3v) is 3.94. The van der Waals surface area contributed by atoms with E-state index in [0.717, 1.165) is 5.56 Å². The molecule has 0 saturated carbocycles. The fourth-order valence-corrected chi connectivity index (χ4v) is 2.42. The number of ether oxygens (including phenoxy) is 1. The van der Waals surface area contributed by atoms with Crippen molar-refractivity contribution in [1.29, 1.82) is 0 Å². The van der Waals surface area contributed by atoms with Gasteiger partial charge >= 0.3 is 5.97 Å². The normalized spacial score (nSPS) is 10.4. The Hall–Kier alpha value is -3.25. The number of carbonyl (C=O) groups is 2. The van der Waals surface area contributed by atoms with Crippen LogP contribution in [0.1, 0.15) is 16.1 Å². The van der Waals surface area contributed by atoms with Crippen molar-refractivity contribution in [3.63, 3.8) is 0 Å². The number of benzene rings is 2. The molecule has 0 aliphatic carbocycles. The Labute approximate surface area is 160 Å². The zero-order valence-electron chi connectivity index (χ0n) is 14.1. The van der Waals surface area contributed by atoms with Crippen molar-refractivity contribution in [1.82, 2.24) is 5.32 Å². The van der Waals surface area contributed by atoms with E-state index in [-0.39, 0.29) is 17.9 Å². The molecule has 0 radical (unpaired) electrons. The summed E-state index contributed by atoms with van der Waals surface area (Å²) < 4.78 is 10.6. The maximum Gasteiger partial charge on any atom is 0.338 e. The van der Waals surface area contributed by atoms with E-state index in [0.29, 0.717) is 16.5 Å². The highest BCUT2D eigenvalue weighted by Crippen LogP contribution is 2.23. The number of phenols is 1. The van der Waals surface area contributed by atoms with Crippen LogP contribution in [0.2, 0.25) is 5.02 Å². The molecular formula is C20H16ClNO5. The lowest BCUT2D eigenvalue weighted by atomic mass is 10.2. The van der Waals surface area contributed by atoms with Crippen LogP contribution in [0, 0.1) is 0 Å². The summed E-state index contributed by atoms with van der Waals surface area (Å²) in [6, 6.07) is 16.3. The molecule has 1 amide bonds. The first-order valence-corrected chi connectivity index (χ1v) is 8.46. The van der Waals surface area contributed by atoms with Gasteiger partial charge in [0.1, 0.15) is 17.3 Å². The van der Waals surface area contributed by atoms with Crippen LogP contribution in [0.5, 0.6) is 5.75 Å². The molecule has 0 unspecified atom stereocenters. The van der Waals surface area contributed by atoms with Gasteiger partial charge in [0.15, 0.2) is 6.61 Å². The van der Waals surface area contributed by atoms with Gasteiger partial charge in [0.2, 0.25) is 0 Å². The minimum Gasteiger partial charge on any atom is -0.508 e. The summed E-state index contributed by atoms with van der Waals surface area (Å²) in [7, 11) is 0. The molecule has 0 atom stereocenters. The second-order valence-electron chi connectivity index (χ2n) is 5.67. The van der Waals surface area contributed by atoms with Gasteiger partial charge in [-0.2, -0.15) is 0 Å². The highest BCUT2D eigenvalue weighted by molar-refractivity contribution is 6.30. The Kier molecular flexibility index (Phi) is 5.78.